The van der Waals surface area contributed by atoms with E-state index >= 15 is 0 Å². The fourth-order valence-electron chi connectivity index (χ4n) is 8.58. The van der Waals surface area contributed by atoms with Gasteiger partial charge in [0.15, 0.2) is 0 Å². The quantitative estimate of drug-likeness (QED) is 0.129. The topological polar surface area (TPSA) is 48.8 Å². The van der Waals surface area contributed by atoms with E-state index in [0.29, 0.717) is 0 Å². The van der Waals surface area contributed by atoms with Crippen molar-refractivity contribution >= 4 is 45.6 Å². The number of aromatic nitrogens is 1. The van der Waals surface area contributed by atoms with Gasteiger partial charge in [-0.2, -0.15) is 0 Å². The van der Waals surface area contributed by atoms with Gasteiger partial charge in [-0.1, -0.05) is 158 Å². The van der Waals surface area contributed by atoms with E-state index in [-0.39, 0.29) is 0 Å². The molecule has 7 aromatic carbocycles. The van der Waals surface area contributed by atoms with Gasteiger partial charge in [0.2, 0.25) is 0 Å². The number of nitrogens with zero attached hydrogens (tertiary/aromatic N) is 1. The Morgan fingerprint density at radius 1 is 0.500 bits per heavy atom. The summed E-state index contributed by atoms with van der Waals surface area (Å²) in [7, 11) is 0. The molecule has 1 aliphatic carbocycles. The largest absolute Gasteiger partial charge is 0.381 e. The van der Waals surface area contributed by atoms with Crippen molar-refractivity contribution in [1.29, 1.82) is 5.41 Å². The van der Waals surface area contributed by atoms with Crippen molar-refractivity contribution < 1.29 is 0 Å². The van der Waals surface area contributed by atoms with Crippen LogP contribution >= 0.6 is 0 Å². The number of fused-ring (bicyclic) bond motifs is 5. The van der Waals surface area contributed by atoms with Crippen molar-refractivity contribution in [2.45, 2.75) is 0 Å². The zero-order valence-corrected chi connectivity index (χ0v) is 29.6. The number of rotatable bonds is 7. The Kier molecular flexibility index (Phi) is 7.70. The van der Waals surface area contributed by atoms with Crippen LogP contribution in [0.15, 0.2) is 170 Å². The number of pyridine rings is 1. The van der Waals surface area contributed by atoms with E-state index in [0.717, 1.165) is 29.1 Å². The van der Waals surface area contributed by atoms with Gasteiger partial charge in [0.25, 0.3) is 0 Å². The zero-order valence-electron chi connectivity index (χ0n) is 29.6. The Hall–Kier alpha value is -7.10. The SMILES string of the molecule is N=C/C=C\C=C\c1ccc(-c2ccc(-c3ccc4c5c(cccc35)-c3c-4c(-c4ccccc4)c4ccccc4c3-c3ccccc3)c3c2C=CCN3)cn1. The molecular formula is C51H35N3. The monoisotopic (exact) mass is 689 g/mol. The molecule has 2 heterocycles. The van der Waals surface area contributed by atoms with E-state index in [1.165, 1.54) is 89.0 Å². The van der Waals surface area contributed by atoms with Crippen LogP contribution in [0.25, 0.3) is 100 Å². The fourth-order valence-corrected chi connectivity index (χ4v) is 8.58. The molecule has 8 aromatic rings. The van der Waals surface area contributed by atoms with Crippen LogP contribution in [0.2, 0.25) is 0 Å². The van der Waals surface area contributed by atoms with Gasteiger partial charge in [0.05, 0.1) is 11.4 Å². The first-order valence-electron chi connectivity index (χ1n) is 18.4. The van der Waals surface area contributed by atoms with Gasteiger partial charge < -0.3 is 10.7 Å². The Labute approximate surface area is 314 Å². The second-order valence-corrected chi connectivity index (χ2v) is 13.8. The van der Waals surface area contributed by atoms with E-state index < -0.39 is 0 Å². The average molecular weight is 690 g/mol. The lowest BCUT2D eigenvalue weighted by Gasteiger charge is -2.22. The van der Waals surface area contributed by atoms with E-state index in [4.69, 9.17) is 10.4 Å². The van der Waals surface area contributed by atoms with Gasteiger partial charge >= 0.3 is 0 Å². The van der Waals surface area contributed by atoms with Crippen LogP contribution in [0.1, 0.15) is 11.3 Å². The minimum Gasteiger partial charge on any atom is -0.381 e. The van der Waals surface area contributed by atoms with Gasteiger partial charge in [-0.3, -0.25) is 4.98 Å². The molecule has 0 unspecified atom stereocenters. The van der Waals surface area contributed by atoms with E-state index in [1.54, 1.807) is 6.08 Å². The molecule has 2 N–H and O–H groups in total. The van der Waals surface area contributed by atoms with Gasteiger partial charge in [0, 0.05) is 35.6 Å². The highest BCUT2D eigenvalue weighted by molar-refractivity contribution is 6.29. The third-order valence-corrected chi connectivity index (χ3v) is 10.8. The maximum atomic E-state index is 7.17. The lowest BCUT2D eigenvalue weighted by atomic mass is 9.82. The molecule has 0 radical (unpaired) electrons. The predicted octanol–water partition coefficient (Wildman–Crippen LogP) is 13.4. The molecule has 3 heteroatoms. The van der Waals surface area contributed by atoms with Crippen LogP contribution in [-0.4, -0.2) is 17.7 Å². The van der Waals surface area contributed by atoms with Gasteiger partial charge in [-0.15, -0.1) is 0 Å². The Morgan fingerprint density at radius 2 is 1.13 bits per heavy atom. The third kappa shape index (κ3) is 5.05. The van der Waals surface area contributed by atoms with Crippen molar-refractivity contribution in [3.8, 4) is 66.8 Å². The van der Waals surface area contributed by atoms with E-state index in [1.807, 2.05) is 30.5 Å². The van der Waals surface area contributed by atoms with E-state index in [9.17, 15) is 0 Å². The third-order valence-electron chi connectivity index (χ3n) is 10.8. The zero-order chi connectivity index (χ0) is 36.0. The van der Waals surface area contributed by atoms with Gasteiger partial charge in [-0.05, 0) is 95.4 Å². The Bertz CT molecular complexity index is 2770. The molecule has 0 atom stereocenters. The maximum Gasteiger partial charge on any atom is 0.0630 e. The number of allylic oxidation sites excluding steroid dienone is 3. The number of benzene rings is 7. The summed E-state index contributed by atoms with van der Waals surface area (Å²) >= 11 is 0. The van der Waals surface area contributed by atoms with Crippen LogP contribution < -0.4 is 5.32 Å². The molecule has 2 aliphatic rings. The van der Waals surface area contributed by atoms with Crippen LogP contribution in [-0.2, 0) is 0 Å². The van der Waals surface area contributed by atoms with Crippen LogP contribution in [0.4, 0.5) is 5.69 Å². The molecule has 1 aromatic heterocycles. The molecular weight excluding hydrogens is 655 g/mol. The summed E-state index contributed by atoms with van der Waals surface area (Å²) < 4.78 is 0. The van der Waals surface area contributed by atoms with Crippen molar-refractivity contribution in [1.82, 2.24) is 4.98 Å². The second-order valence-electron chi connectivity index (χ2n) is 13.8. The smallest absolute Gasteiger partial charge is 0.0630 e. The summed E-state index contributed by atoms with van der Waals surface area (Å²) in [5, 5.41) is 16.0. The number of hydrogen-bond acceptors (Lipinski definition) is 3. The van der Waals surface area contributed by atoms with Crippen molar-refractivity contribution in [2.24, 2.45) is 0 Å². The molecule has 1 aliphatic heterocycles. The summed E-state index contributed by atoms with van der Waals surface area (Å²) in [6.07, 6.45) is 15.0. The highest BCUT2D eigenvalue weighted by Gasteiger charge is 2.31. The highest BCUT2D eigenvalue weighted by atomic mass is 14.9. The van der Waals surface area contributed by atoms with Crippen LogP contribution in [0, 0.1) is 5.41 Å². The average Bonchev–Trinajstić information content (AvgIpc) is 3.57. The molecule has 0 fully saturated rings. The second kappa shape index (κ2) is 13.1. The fraction of sp³-hybridized carbons (Fsp3) is 0.0196. The minimum absolute atomic E-state index is 0.773. The number of nitrogens with one attached hydrogen (secondary N) is 2. The molecule has 0 spiro atoms. The van der Waals surface area contributed by atoms with E-state index in [2.05, 4.69) is 151 Å². The van der Waals surface area contributed by atoms with Crippen molar-refractivity contribution in [3.05, 3.63) is 181 Å². The molecule has 0 bridgehead atoms. The number of hydrogen-bond donors (Lipinski definition) is 2. The summed E-state index contributed by atoms with van der Waals surface area (Å²) in [6, 6.07) is 51.0. The predicted molar refractivity (Wildman–Crippen MR) is 230 cm³/mol. The number of anilines is 1. The Morgan fingerprint density at radius 3 is 1.81 bits per heavy atom. The van der Waals surface area contributed by atoms with Crippen LogP contribution in [0.5, 0.6) is 0 Å². The van der Waals surface area contributed by atoms with Crippen molar-refractivity contribution in [2.75, 3.05) is 11.9 Å². The highest BCUT2D eigenvalue weighted by Crippen LogP contribution is 2.58. The Balaban J connectivity index is 1.19. The molecule has 0 saturated heterocycles. The standard InChI is InChI=1S/C51H35N3/c52-30-11-3-8-18-36-25-24-35(32-54-36)37-26-28-43(51-42(37)23-13-31-53-51)38-27-29-45-48-39(38)21-12-22-44(48)49-46(33-14-4-1-5-15-33)40-19-9-10-20-41(40)47(50(45)49)34-16-6-2-7-17-34/h1-30,32,52-53H,31H2/b11-3-,18-8+,52-30?. The molecule has 0 saturated carbocycles. The molecule has 54 heavy (non-hydrogen) atoms. The summed E-state index contributed by atoms with van der Waals surface area (Å²) in [4.78, 5) is 4.72. The summed E-state index contributed by atoms with van der Waals surface area (Å²) in [5.41, 5.74) is 18.1. The molecule has 0 amide bonds. The first-order valence-corrected chi connectivity index (χ1v) is 18.4. The van der Waals surface area contributed by atoms with Crippen LogP contribution in [0.3, 0.4) is 0 Å². The lowest BCUT2D eigenvalue weighted by Crippen LogP contribution is -2.07. The summed E-state index contributed by atoms with van der Waals surface area (Å²) in [5.74, 6) is 0. The minimum atomic E-state index is 0.773. The molecule has 3 nitrogen and oxygen atoms in total. The molecule has 254 valence electrons. The summed E-state index contributed by atoms with van der Waals surface area (Å²) in [6.45, 7) is 0.773. The lowest BCUT2D eigenvalue weighted by molar-refractivity contribution is 1.28. The maximum absolute atomic E-state index is 7.17. The first kappa shape index (κ1) is 31.6. The first-order chi connectivity index (χ1) is 26.8. The van der Waals surface area contributed by atoms with Gasteiger partial charge in [-0.25, -0.2) is 0 Å². The molecule has 10 rings (SSSR count). The van der Waals surface area contributed by atoms with Crippen molar-refractivity contribution in [3.63, 3.8) is 0 Å². The normalized spacial score (nSPS) is 12.7. The van der Waals surface area contributed by atoms with Gasteiger partial charge in [0.1, 0.15) is 0 Å².